The molecule has 1 fully saturated rings. The van der Waals surface area contributed by atoms with Gasteiger partial charge in [0.15, 0.2) is 5.78 Å². The number of fused-ring (bicyclic) bond motifs is 1. The van der Waals surface area contributed by atoms with Crippen LogP contribution in [0.3, 0.4) is 0 Å². The van der Waals surface area contributed by atoms with Crippen molar-refractivity contribution in [3.8, 4) is 0 Å². The summed E-state index contributed by atoms with van der Waals surface area (Å²) in [5.41, 5.74) is 1.55. The number of ketones is 1. The molecule has 0 N–H and O–H groups in total. The molecule has 2 unspecified atom stereocenters. The van der Waals surface area contributed by atoms with Crippen LogP contribution >= 0.6 is 0 Å². The first-order valence-electron chi connectivity index (χ1n) is 8.75. The molecule has 0 aromatic rings. The van der Waals surface area contributed by atoms with Gasteiger partial charge in [-0.3, -0.25) is 9.59 Å². The molecular weight excluding hydrogens is 304 g/mol. The lowest BCUT2D eigenvalue weighted by atomic mass is 9.53. The highest BCUT2D eigenvalue weighted by Crippen LogP contribution is 2.58. The van der Waals surface area contributed by atoms with E-state index in [-0.39, 0.29) is 35.6 Å². The number of esters is 1. The predicted octanol–water partition coefficient (Wildman–Crippen LogP) is 4.06. The van der Waals surface area contributed by atoms with E-state index >= 15 is 0 Å². The number of ether oxygens (including phenoxy) is 2. The quantitative estimate of drug-likeness (QED) is 0.728. The van der Waals surface area contributed by atoms with Gasteiger partial charge in [-0.05, 0) is 35.7 Å². The zero-order valence-corrected chi connectivity index (χ0v) is 16.0. The van der Waals surface area contributed by atoms with E-state index in [9.17, 15) is 9.59 Å². The number of methoxy groups -OCH3 is 1. The second-order valence-corrected chi connectivity index (χ2v) is 8.13. The van der Waals surface area contributed by atoms with Gasteiger partial charge in [-0.25, -0.2) is 0 Å². The minimum atomic E-state index is -0.511. The maximum atomic E-state index is 12.8. The van der Waals surface area contributed by atoms with Crippen LogP contribution in [0.1, 0.15) is 54.4 Å². The zero-order chi connectivity index (χ0) is 18.3. The molecule has 0 aromatic heterocycles. The maximum absolute atomic E-state index is 12.8. The Morgan fingerprint density at radius 1 is 1.33 bits per heavy atom. The highest BCUT2D eigenvalue weighted by molar-refractivity contribution is 6.07. The molecule has 134 valence electrons. The van der Waals surface area contributed by atoms with E-state index in [1.807, 2.05) is 0 Å². The average molecular weight is 334 g/mol. The van der Waals surface area contributed by atoms with Crippen LogP contribution in [0.5, 0.6) is 0 Å². The van der Waals surface area contributed by atoms with E-state index in [1.165, 1.54) is 6.92 Å². The van der Waals surface area contributed by atoms with E-state index < -0.39 is 5.41 Å². The largest absolute Gasteiger partial charge is 0.500 e. The third-order valence-electron chi connectivity index (χ3n) is 5.93. The lowest BCUT2D eigenvalue weighted by Crippen LogP contribution is -2.47. The number of hydrogen-bond donors (Lipinski definition) is 0. The molecule has 4 heteroatoms. The maximum Gasteiger partial charge on any atom is 0.302 e. The van der Waals surface area contributed by atoms with E-state index in [1.54, 1.807) is 13.2 Å². The first-order chi connectivity index (χ1) is 11.1. The molecule has 0 saturated heterocycles. The van der Waals surface area contributed by atoms with Crippen molar-refractivity contribution in [3.63, 3.8) is 0 Å². The van der Waals surface area contributed by atoms with Crippen molar-refractivity contribution in [2.24, 2.45) is 22.7 Å². The second-order valence-electron chi connectivity index (χ2n) is 8.13. The van der Waals surface area contributed by atoms with Gasteiger partial charge < -0.3 is 9.47 Å². The molecular formula is C20H30O4. The molecule has 0 heterocycles. The van der Waals surface area contributed by atoms with Crippen LogP contribution < -0.4 is 0 Å². The van der Waals surface area contributed by atoms with Gasteiger partial charge >= 0.3 is 5.97 Å². The molecule has 0 amide bonds. The fourth-order valence-electron chi connectivity index (χ4n) is 4.20. The standard InChI is InChI=1S/C20H30O4/c1-12(2)17-15(22)10-16(23-7)20(11-24-14(4)21)9-8-19(5,6)13(3)18(17)20/h10,12-13H,8-9,11H2,1-7H3. The van der Waals surface area contributed by atoms with Gasteiger partial charge in [0.1, 0.15) is 12.4 Å². The smallest absolute Gasteiger partial charge is 0.302 e. The van der Waals surface area contributed by atoms with E-state index in [0.717, 1.165) is 24.0 Å². The summed E-state index contributed by atoms with van der Waals surface area (Å²) < 4.78 is 11.1. The van der Waals surface area contributed by atoms with Gasteiger partial charge in [-0.1, -0.05) is 34.6 Å². The topological polar surface area (TPSA) is 52.6 Å². The molecule has 0 aromatic carbocycles. The Kier molecular flexibility index (Phi) is 4.98. The highest BCUT2D eigenvalue weighted by Gasteiger charge is 2.54. The molecule has 0 radical (unpaired) electrons. The van der Waals surface area contributed by atoms with Crippen molar-refractivity contribution in [2.45, 2.75) is 54.4 Å². The third kappa shape index (κ3) is 2.91. The van der Waals surface area contributed by atoms with Gasteiger partial charge in [-0.2, -0.15) is 0 Å². The summed E-state index contributed by atoms with van der Waals surface area (Å²) in [6.45, 7) is 12.4. The number of carbonyl (C=O) groups excluding carboxylic acids is 2. The summed E-state index contributed by atoms with van der Waals surface area (Å²) in [5.74, 6) is 0.687. The van der Waals surface area contributed by atoms with Crippen molar-refractivity contribution in [3.05, 3.63) is 23.0 Å². The monoisotopic (exact) mass is 334 g/mol. The van der Waals surface area contributed by atoms with Gasteiger partial charge in [0.25, 0.3) is 0 Å². The van der Waals surface area contributed by atoms with Crippen LogP contribution in [0.4, 0.5) is 0 Å². The zero-order valence-electron chi connectivity index (χ0n) is 16.0. The van der Waals surface area contributed by atoms with Gasteiger partial charge in [0, 0.05) is 18.6 Å². The summed E-state index contributed by atoms with van der Waals surface area (Å²) in [6.07, 6.45) is 3.41. The number of rotatable bonds is 4. The Hall–Kier alpha value is -1.58. The fourth-order valence-corrected chi connectivity index (χ4v) is 4.20. The lowest BCUT2D eigenvalue weighted by Gasteiger charge is -2.52. The fraction of sp³-hybridized carbons (Fsp3) is 0.700. The van der Waals surface area contributed by atoms with E-state index in [4.69, 9.17) is 9.47 Å². The van der Waals surface area contributed by atoms with Gasteiger partial charge in [0.2, 0.25) is 0 Å². The SMILES string of the molecule is COC1=CC(=O)C(C(C)C)=C2C(C)C(C)(C)CCC12COC(C)=O. The van der Waals surface area contributed by atoms with Crippen molar-refractivity contribution in [2.75, 3.05) is 13.7 Å². The van der Waals surface area contributed by atoms with Crippen LogP contribution in [0.15, 0.2) is 23.0 Å². The van der Waals surface area contributed by atoms with E-state index in [2.05, 4.69) is 34.6 Å². The molecule has 0 bridgehead atoms. The van der Waals surface area contributed by atoms with Crippen LogP contribution in [0.25, 0.3) is 0 Å². The Balaban J connectivity index is 2.69. The van der Waals surface area contributed by atoms with Gasteiger partial charge in [-0.15, -0.1) is 0 Å². The Bertz CT molecular complexity index is 609. The normalized spacial score (nSPS) is 29.2. The minimum absolute atomic E-state index is 0.0276. The molecule has 2 aliphatic carbocycles. The summed E-state index contributed by atoms with van der Waals surface area (Å²) >= 11 is 0. The number of carbonyl (C=O) groups is 2. The number of allylic oxidation sites excluding steroid dienone is 2. The summed E-state index contributed by atoms with van der Waals surface area (Å²) in [6, 6.07) is 0. The lowest BCUT2D eigenvalue weighted by molar-refractivity contribution is -0.144. The molecule has 1 saturated carbocycles. The number of hydrogen-bond acceptors (Lipinski definition) is 4. The second kappa shape index (κ2) is 6.38. The van der Waals surface area contributed by atoms with Crippen molar-refractivity contribution >= 4 is 11.8 Å². The predicted molar refractivity (Wildman–Crippen MR) is 93.2 cm³/mol. The average Bonchev–Trinajstić information content (AvgIpc) is 2.49. The molecule has 0 spiro atoms. The van der Waals surface area contributed by atoms with Crippen LogP contribution in [-0.4, -0.2) is 25.5 Å². The molecule has 24 heavy (non-hydrogen) atoms. The third-order valence-corrected chi connectivity index (χ3v) is 5.93. The highest BCUT2D eigenvalue weighted by atomic mass is 16.5. The van der Waals surface area contributed by atoms with Crippen molar-refractivity contribution < 1.29 is 19.1 Å². The van der Waals surface area contributed by atoms with Crippen molar-refractivity contribution in [1.82, 2.24) is 0 Å². The van der Waals surface area contributed by atoms with Crippen LogP contribution in [0.2, 0.25) is 0 Å². The molecule has 2 rings (SSSR count). The molecule has 2 aliphatic rings. The van der Waals surface area contributed by atoms with E-state index in [0.29, 0.717) is 5.76 Å². The summed E-state index contributed by atoms with van der Waals surface area (Å²) in [5, 5.41) is 0. The first-order valence-corrected chi connectivity index (χ1v) is 8.75. The Morgan fingerprint density at radius 2 is 1.96 bits per heavy atom. The first kappa shape index (κ1) is 18.8. The minimum Gasteiger partial charge on any atom is -0.500 e. The Morgan fingerprint density at radius 3 is 2.46 bits per heavy atom. The summed E-state index contributed by atoms with van der Waals surface area (Å²) in [7, 11) is 1.59. The van der Waals surface area contributed by atoms with Crippen LogP contribution in [0, 0.1) is 22.7 Å². The molecule has 0 aliphatic heterocycles. The molecule has 2 atom stereocenters. The van der Waals surface area contributed by atoms with Crippen molar-refractivity contribution in [1.29, 1.82) is 0 Å². The summed E-state index contributed by atoms with van der Waals surface area (Å²) in [4.78, 5) is 24.3. The molecule has 4 nitrogen and oxygen atoms in total. The van der Waals surface area contributed by atoms with Crippen LogP contribution in [-0.2, 0) is 19.1 Å². The van der Waals surface area contributed by atoms with Gasteiger partial charge in [0.05, 0.1) is 12.5 Å². The Labute approximate surface area is 145 Å².